The van der Waals surface area contributed by atoms with Crippen molar-refractivity contribution in [3.63, 3.8) is 0 Å². The number of carboxylic acids is 1. The highest BCUT2D eigenvalue weighted by Gasteiger charge is 2.18. The fourth-order valence-electron chi connectivity index (χ4n) is 1.70. The minimum absolute atomic E-state index is 0.0443. The van der Waals surface area contributed by atoms with Gasteiger partial charge in [-0.05, 0) is 43.6 Å². The molecule has 6 nitrogen and oxygen atoms in total. The third kappa shape index (κ3) is 4.86. The van der Waals surface area contributed by atoms with Crippen LogP contribution >= 0.6 is 11.8 Å². The van der Waals surface area contributed by atoms with Crippen LogP contribution in [0.1, 0.15) is 23.7 Å². The lowest BCUT2D eigenvalue weighted by Crippen LogP contribution is -2.38. The standard InChI is InChI=1S/C14H20N2O4S/c1-9(6-7-21-3)16(2)14(20)15-12-5-4-10(17)8-11(12)13(18)19/h4-5,8-9,17H,6-7H2,1-3H3,(H,15,20)(H,18,19). The van der Waals surface area contributed by atoms with E-state index >= 15 is 0 Å². The zero-order valence-corrected chi connectivity index (χ0v) is 13.1. The molecule has 0 aliphatic carbocycles. The Morgan fingerprint density at radius 2 is 2.10 bits per heavy atom. The summed E-state index contributed by atoms with van der Waals surface area (Å²) >= 11 is 1.71. The number of thioether (sulfide) groups is 1. The molecule has 1 aromatic carbocycles. The molecule has 1 rings (SSSR count). The van der Waals surface area contributed by atoms with Crippen LogP contribution in [0.4, 0.5) is 10.5 Å². The molecule has 0 heterocycles. The molecule has 0 spiro atoms. The van der Waals surface area contributed by atoms with Crippen LogP contribution in [-0.2, 0) is 0 Å². The highest BCUT2D eigenvalue weighted by Crippen LogP contribution is 2.22. The summed E-state index contributed by atoms with van der Waals surface area (Å²) in [6.45, 7) is 1.94. The summed E-state index contributed by atoms with van der Waals surface area (Å²) in [5, 5.41) is 21.0. The summed E-state index contributed by atoms with van der Waals surface area (Å²) in [5.41, 5.74) is 0.0164. The molecule has 0 aromatic heterocycles. The molecule has 1 unspecified atom stereocenters. The predicted octanol–water partition coefficient (Wildman–Crippen LogP) is 2.70. The number of urea groups is 1. The Morgan fingerprint density at radius 1 is 1.43 bits per heavy atom. The molecule has 0 saturated carbocycles. The average Bonchev–Trinajstić information content (AvgIpc) is 2.45. The number of benzene rings is 1. The number of amides is 2. The van der Waals surface area contributed by atoms with Crippen LogP contribution in [0, 0.1) is 0 Å². The number of phenolic OH excluding ortho intramolecular Hbond substituents is 1. The minimum atomic E-state index is -1.21. The Labute approximate surface area is 128 Å². The lowest BCUT2D eigenvalue weighted by atomic mass is 10.1. The van der Waals surface area contributed by atoms with Crippen molar-refractivity contribution in [2.75, 3.05) is 24.4 Å². The van der Waals surface area contributed by atoms with Crippen LogP contribution in [0.5, 0.6) is 5.75 Å². The maximum Gasteiger partial charge on any atom is 0.337 e. The van der Waals surface area contributed by atoms with Crippen molar-refractivity contribution < 1.29 is 19.8 Å². The fraction of sp³-hybridized carbons (Fsp3) is 0.429. The number of nitrogens with zero attached hydrogens (tertiary/aromatic N) is 1. The van der Waals surface area contributed by atoms with E-state index in [9.17, 15) is 14.7 Å². The zero-order chi connectivity index (χ0) is 16.0. The molecular weight excluding hydrogens is 292 g/mol. The number of carbonyl (C=O) groups excluding carboxylic acids is 1. The lowest BCUT2D eigenvalue weighted by Gasteiger charge is -2.25. The van der Waals surface area contributed by atoms with Crippen molar-refractivity contribution in [2.45, 2.75) is 19.4 Å². The number of aromatic hydroxyl groups is 1. The van der Waals surface area contributed by atoms with Gasteiger partial charge in [0.2, 0.25) is 0 Å². The van der Waals surface area contributed by atoms with Gasteiger partial charge < -0.3 is 20.4 Å². The molecule has 21 heavy (non-hydrogen) atoms. The summed E-state index contributed by atoms with van der Waals surface area (Å²) in [5.74, 6) is -0.426. The van der Waals surface area contributed by atoms with Crippen molar-refractivity contribution in [1.82, 2.24) is 4.90 Å². The lowest BCUT2D eigenvalue weighted by molar-refractivity contribution is 0.0697. The van der Waals surface area contributed by atoms with Crippen molar-refractivity contribution in [3.8, 4) is 5.75 Å². The zero-order valence-electron chi connectivity index (χ0n) is 12.3. The smallest absolute Gasteiger partial charge is 0.337 e. The Bertz CT molecular complexity index is 522. The van der Waals surface area contributed by atoms with Crippen LogP contribution < -0.4 is 5.32 Å². The molecule has 0 aliphatic rings. The summed E-state index contributed by atoms with van der Waals surface area (Å²) in [6.07, 6.45) is 2.86. The Kier molecular flexibility index (Phi) is 6.36. The third-order valence-electron chi connectivity index (χ3n) is 3.20. The number of aromatic carboxylic acids is 1. The van der Waals surface area contributed by atoms with E-state index in [0.717, 1.165) is 18.2 Å². The van der Waals surface area contributed by atoms with Gasteiger partial charge in [0, 0.05) is 13.1 Å². The Morgan fingerprint density at radius 3 is 2.67 bits per heavy atom. The first kappa shape index (κ1) is 17.2. The van der Waals surface area contributed by atoms with Gasteiger partial charge >= 0.3 is 12.0 Å². The Balaban J connectivity index is 2.81. The van der Waals surface area contributed by atoms with Crippen molar-refractivity contribution in [1.29, 1.82) is 0 Å². The van der Waals surface area contributed by atoms with Crippen LogP contribution in [-0.4, -0.2) is 52.2 Å². The fourth-order valence-corrected chi connectivity index (χ4v) is 2.28. The van der Waals surface area contributed by atoms with Gasteiger partial charge in [-0.1, -0.05) is 0 Å². The van der Waals surface area contributed by atoms with Gasteiger partial charge in [-0.2, -0.15) is 11.8 Å². The molecule has 3 N–H and O–H groups in total. The molecular formula is C14H20N2O4S. The highest BCUT2D eigenvalue weighted by atomic mass is 32.2. The molecule has 1 atom stereocenters. The van der Waals surface area contributed by atoms with Crippen LogP contribution in [0.15, 0.2) is 18.2 Å². The second-order valence-electron chi connectivity index (χ2n) is 4.71. The highest BCUT2D eigenvalue weighted by molar-refractivity contribution is 7.98. The van der Waals surface area contributed by atoms with Crippen LogP contribution in [0.3, 0.4) is 0 Å². The number of rotatable bonds is 6. The topological polar surface area (TPSA) is 89.9 Å². The van der Waals surface area contributed by atoms with E-state index in [0.29, 0.717) is 0 Å². The molecule has 2 amide bonds. The second kappa shape index (κ2) is 7.78. The number of nitrogens with one attached hydrogen (secondary N) is 1. The van der Waals surface area contributed by atoms with Crippen molar-refractivity contribution >= 4 is 29.4 Å². The summed E-state index contributed by atoms with van der Waals surface area (Å²) < 4.78 is 0. The van der Waals surface area contributed by atoms with Gasteiger partial charge in [0.25, 0.3) is 0 Å². The van der Waals surface area contributed by atoms with E-state index in [1.807, 2.05) is 13.2 Å². The maximum absolute atomic E-state index is 12.1. The SMILES string of the molecule is CSCCC(C)N(C)C(=O)Nc1ccc(O)cc1C(=O)O. The number of phenols is 1. The van der Waals surface area contributed by atoms with Gasteiger partial charge in [-0.3, -0.25) is 0 Å². The minimum Gasteiger partial charge on any atom is -0.508 e. The van der Waals surface area contributed by atoms with Crippen LogP contribution in [0.2, 0.25) is 0 Å². The Hall–Kier alpha value is -1.89. The number of carbonyl (C=O) groups is 2. The summed E-state index contributed by atoms with van der Waals surface area (Å²) in [4.78, 5) is 24.8. The van der Waals surface area contributed by atoms with Gasteiger partial charge in [-0.25, -0.2) is 9.59 Å². The third-order valence-corrected chi connectivity index (χ3v) is 3.84. The molecule has 0 radical (unpaired) electrons. The number of carboxylic acid groups (broad SMARTS) is 1. The van der Waals surface area contributed by atoms with Gasteiger partial charge in [0.05, 0.1) is 11.3 Å². The first-order valence-corrected chi connectivity index (χ1v) is 7.85. The first-order valence-electron chi connectivity index (χ1n) is 6.46. The molecule has 116 valence electrons. The molecule has 0 aliphatic heterocycles. The number of hydrogen-bond acceptors (Lipinski definition) is 4. The van der Waals surface area contributed by atoms with Crippen molar-refractivity contribution in [3.05, 3.63) is 23.8 Å². The maximum atomic E-state index is 12.1. The second-order valence-corrected chi connectivity index (χ2v) is 5.69. The van der Waals surface area contributed by atoms with E-state index in [1.54, 1.807) is 18.8 Å². The molecule has 0 bridgehead atoms. The van der Waals surface area contributed by atoms with Gasteiger partial charge in [-0.15, -0.1) is 0 Å². The largest absolute Gasteiger partial charge is 0.508 e. The average molecular weight is 312 g/mol. The van der Waals surface area contributed by atoms with E-state index in [2.05, 4.69) is 5.32 Å². The molecule has 1 aromatic rings. The quantitative estimate of drug-likeness (QED) is 0.703. The van der Waals surface area contributed by atoms with E-state index in [4.69, 9.17) is 5.11 Å². The van der Waals surface area contributed by atoms with Gasteiger partial charge in [0.15, 0.2) is 0 Å². The van der Waals surface area contributed by atoms with Crippen LogP contribution in [0.25, 0.3) is 0 Å². The van der Waals surface area contributed by atoms with Gasteiger partial charge in [0.1, 0.15) is 5.75 Å². The first-order chi connectivity index (χ1) is 9.86. The van der Waals surface area contributed by atoms with Crippen molar-refractivity contribution in [2.24, 2.45) is 0 Å². The molecule has 7 heteroatoms. The van der Waals surface area contributed by atoms with E-state index in [-0.39, 0.29) is 29.1 Å². The van der Waals surface area contributed by atoms with E-state index < -0.39 is 5.97 Å². The molecule has 0 saturated heterocycles. The summed E-state index contributed by atoms with van der Waals surface area (Å²) in [6, 6.07) is 3.48. The predicted molar refractivity (Wildman–Crippen MR) is 84.3 cm³/mol. The monoisotopic (exact) mass is 312 g/mol. The van der Waals surface area contributed by atoms with E-state index in [1.165, 1.54) is 17.0 Å². The normalized spacial score (nSPS) is 11.8. The number of hydrogen-bond donors (Lipinski definition) is 3. The molecule has 0 fully saturated rings. The number of anilines is 1. The summed E-state index contributed by atoms with van der Waals surface area (Å²) in [7, 11) is 1.67.